The highest BCUT2D eigenvalue weighted by Gasteiger charge is 2.37. The van der Waals surface area contributed by atoms with Crippen LogP contribution < -0.4 is 5.32 Å². The maximum absolute atomic E-state index is 4.33. The summed E-state index contributed by atoms with van der Waals surface area (Å²) in [5.41, 5.74) is 1.26. The first-order valence-corrected chi connectivity index (χ1v) is 7.50. The van der Waals surface area contributed by atoms with Crippen LogP contribution in [0.25, 0.3) is 0 Å². The average molecular weight is 253 g/mol. The highest BCUT2D eigenvalue weighted by molar-refractivity contribution is 8.00. The molecule has 1 N–H and O–H groups in total. The molecule has 3 nitrogen and oxygen atoms in total. The van der Waals surface area contributed by atoms with E-state index in [4.69, 9.17) is 0 Å². The molecule has 1 aromatic heterocycles. The lowest BCUT2D eigenvalue weighted by Gasteiger charge is -2.41. The van der Waals surface area contributed by atoms with Crippen LogP contribution in [0.5, 0.6) is 0 Å². The molecule has 0 spiro atoms. The second-order valence-electron chi connectivity index (χ2n) is 5.52. The minimum Gasteiger partial charge on any atom is -0.332 e. The summed E-state index contributed by atoms with van der Waals surface area (Å²) in [5, 5.41) is 3.36. The van der Waals surface area contributed by atoms with Crippen molar-refractivity contribution in [1.29, 1.82) is 0 Å². The fourth-order valence-electron chi connectivity index (χ4n) is 2.40. The Kier molecular flexibility index (Phi) is 3.55. The summed E-state index contributed by atoms with van der Waals surface area (Å²) in [4.78, 5) is 4.33. The van der Waals surface area contributed by atoms with Gasteiger partial charge in [-0.3, -0.25) is 0 Å². The minimum atomic E-state index is -0.0140. The molecule has 2 rings (SSSR count). The van der Waals surface area contributed by atoms with Crippen LogP contribution >= 0.6 is 11.8 Å². The van der Waals surface area contributed by atoms with Gasteiger partial charge in [0.1, 0.15) is 0 Å². The quantitative estimate of drug-likeness (QED) is 0.875. The van der Waals surface area contributed by atoms with E-state index < -0.39 is 0 Å². The lowest BCUT2D eigenvalue weighted by Crippen LogP contribution is -2.41. The second-order valence-corrected chi connectivity index (χ2v) is 6.80. The van der Waals surface area contributed by atoms with Crippen LogP contribution in [0.1, 0.15) is 38.8 Å². The number of hydrogen-bond donors (Lipinski definition) is 1. The van der Waals surface area contributed by atoms with E-state index in [2.05, 4.69) is 35.0 Å². The van der Waals surface area contributed by atoms with E-state index in [1.165, 1.54) is 25.0 Å². The number of thioether (sulfide) groups is 1. The third kappa shape index (κ3) is 2.38. The van der Waals surface area contributed by atoms with Gasteiger partial charge in [0.15, 0.2) is 0 Å². The maximum Gasteiger partial charge on any atom is 0.0949 e. The average Bonchev–Trinajstić information content (AvgIpc) is 2.72. The van der Waals surface area contributed by atoms with E-state index in [0.717, 1.165) is 6.54 Å². The molecular formula is C13H23N3S. The lowest BCUT2D eigenvalue weighted by atomic mass is 9.84. The van der Waals surface area contributed by atoms with Gasteiger partial charge in [0.05, 0.1) is 17.6 Å². The zero-order valence-corrected chi connectivity index (χ0v) is 12.1. The molecule has 0 amide bonds. The van der Waals surface area contributed by atoms with Crippen LogP contribution in [0.2, 0.25) is 0 Å². The molecule has 1 aromatic rings. The van der Waals surface area contributed by atoms with E-state index in [9.17, 15) is 0 Å². The Bertz CT molecular complexity index is 374. The Labute approximate surface area is 108 Å². The van der Waals surface area contributed by atoms with Gasteiger partial charge < -0.3 is 9.88 Å². The number of nitrogens with one attached hydrogen (secondary N) is 1. The molecule has 1 heterocycles. The largest absolute Gasteiger partial charge is 0.332 e. The second kappa shape index (κ2) is 4.65. The van der Waals surface area contributed by atoms with Crippen molar-refractivity contribution in [3.05, 3.63) is 18.2 Å². The first kappa shape index (κ1) is 13.0. The first-order chi connectivity index (χ1) is 8.03. The summed E-state index contributed by atoms with van der Waals surface area (Å²) in [6.07, 6.45) is 10.3. The smallest absolute Gasteiger partial charge is 0.0949 e. The topological polar surface area (TPSA) is 29.9 Å². The zero-order valence-electron chi connectivity index (χ0n) is 11.3. The van der Waals surface area contributed by atoms with Crippen LogP contribution in [-0.2, 0) is 12.1 Å². The summed E-state index contributed by atoms with van der Waals surface area (Å²) in [6, 6.07) is 0. The van der Waals surface area contributed by atoms with Crippen molar-refractivity contribution in [2.45, 2.75) is 49.9 Å². The molecule has 0 bridgehead atoms. The molecule has 0 aromatic carbocycles. The van der Waals surface area contributed by atoms with Gasteiger partial charge in [0.2, 0.25) is 0 Å². The maximum atomic E-state index is 4.33. The number of aromatic nitrogens is 2. The predicted octanol–water partition coefficient (Wildman–Crippen LogP) is 2.62. The van der Waals surface area contributed by atoms with E-state index in [0.29, 0.717) is 4.75 Å². The third-order valence-corrected chi connectivity index (χ3v) is 5.54. The van der Waals surface area contributed by atoms with Crippen molar-refractivity contribution in [1.82, 2.24) is 14.9 Å². The summed E-state index contributed by atoms with van der Waals surface area (Å²) in [7, 11) is 2.00. The number of nitrogens with zero attached hydrogens (tertiary/aromatic N) is 2. The van der Waals surface area contributed by atoms with Crippen LogP contribution in [0.15, 0.2) is 12.5 Å². The van der Waals surface area contributed by atoms with Crippen molar-refractivity contribution in [2.75, 3.05) is 13.3 Å². The fourth-order valence-corrected chi connectivity index (χ4v) is 3.37. The Hall–Kier alpha value is -0.480. The first-order valence-electron chi connectivity index (χ1n) is 6.28. The van der Waals surface area contributed by atoms with Crippen molar-refractivity contribution < 1.29 is 0 Å². The molecular weight excluding hydrogens is 230 g/mol. The standard InChI is InChI=1S/C13H23N3S/c1-12(2,14-3)11-8-15-10-16(11)9-13(17-4)6-5-7-13/h8,10,14H,5-7,9H2,1-4H3. The molecule has 0 unspecified atom stereocenters. The molecule has 1 aliphatic rings. The Morgan fingerprint density at radius 1 is 1.53 bits per heavy atom. The van der Waals surface area contributed by atoms with E-state index >= 15 is 0 Å². The third-order valence-electron chi connectivity index (χ3n) is 4.13. The number of hydrogen-bond acceptors (Lipinski definition) is 3. The highest BCUT2D eigenvalue weighted by atomic mass is 32.2. The van der Waals surface area contributed by atoms with Gasteiger partial charge in [-0.1, -0.05) is 6.42 Å². The van der Waals surface area contributed by atoms with Crippen LogP contribution in [0.4, 0.5) is 0 Å². The number of rotatable bonds is 5. The summed E-state index contributed by atoms with van der Waals surface area (Å²) < 4.78 is 2.78. The molecule has 1 aliphatic carbocycles. The van der Waals surface area contributed by atoms with Crippen molar-refractivity contribution in [2.24, 2.45) is 0 Å². The van der Waals surface area contributed by atoms with Gasteiger partial charge in [-0.25, -0.2) is 4.98 Å². The molecule has 0 atom stereocenters. The zero-order chi connectivity index (χ0) is 12.5. The molecule has 1 saturated carbocycles. The van der Waals surface area contributed by atoms with Gasteiger partial charge in [-0.05, 0) is 40.0 Å². The fraction of sp³-hybridized carbons (Fsp3) is 0.769. The molecule has 0 saturated heterocycles. The molecule has 1 fully saturated rings. The summed E-state index contributed by atoms with van der Waals surface area (Å²) in [6.45, 7) is 5.49. The monoisotopic (exact) mass is 253 g/mol. The van der Waals surface area contributed by atoms with Gasteiger partial charge in [0, 0.05) is 17.5 Å². The van der Waals surface area contributed by atoms with Gasteiger partial charge in [-0.15, -0.1) is 0 Å². The van der Waals surface area contributed by atoms with Crippen molar-refractivity contribution in [3.8, 4) is 0 Å². The van der Waals surface area contributed by atoms with Crippen LogP contribution in [-0.4, -0.2) is 27.6 Å². The Balaban J connectivity index is 2.20. The van der Waals surface area contributed by atoms with Crippen LogP contribution in [0.3, 0.4) is 0 Å². The summed E-state index contributed by atoms with van der Waals surface area (Å²) >= 11 is 2.02. The molecule has 4 heteroatoms. The summed E-state index contributed by atoms with van der Waals surface area (Å²) in [5.74, 6) is 0. The van der Waals surface area contributed by atoms with Crippen molar-refractivity contribution >= 4 is 11.8 Å². The van der Waals surface area contributed by atoms with E-state index in [1.807, 2.05) is 31.3 Å². The van der Waals surface area contributed by atoms with E-state index in [-0.39, 0.29) is 5.54 Å². The van der Waals surface area contributed by atoms with Gasteiger partial charge in [0.25, 0.3) is 0 Å². The highest BCUT2D eigenvalue weighted by Crippen LogP contribution is 2.44. The molecule has 17 heavy (non-hydrogen) atoms. The van der Waals surface area contributed by atoms with Gasteiger partial charge in [-0.2, -0.15) is 11.8 Å². The van der Waals surface area contributed by atoms with Gasteiger partial charge >= 0.3 is 0 Å². The van der Waals surface area contributed by atoms with Crippen LogP contribution in [0, 0.1) is 0 Å². The predicted molar refractivity (Wildman–Crippen MR) is 74.4 cm³/mol. The number of imidazole rings is 1. The van der Waals surface area contributed by atoms with E-state index in [1.54, 1.807) is 0 Å². The molecule has 0 aliphatic heterocycles. The van der Waals surface area contributed by atoms with Crippen molar-refractivity contribution in [3.63, 3.8) is 0 Å². The molecule has 96 valence electrons. The Morgan fingerprint density at radius 2 is 2.24 bits per heavy atom. The lowest BCUT2D eigenvalue weighted by molar-refractivity contribution is 0.306. The SMILES string of the molecule is CNC(C)(C)c1cncn1CC1(SC)CCC1. The Morgan fingerprint density at radius 3 is 2.71 bits per heavy atom. The minimum absolute atomic E-state index is 0.0140. The normalized spacial score (nSPS) is 19.1. The molecule has 0 radical (unpaired) electrons.